The quantitative estimate of drug-likeness (QED) is 0.451. The normalized spacial score (nSPS) is 15.6. The summed E-state index contributed by atoms with van der Waals surface area (Å²) in [6, 6.07) is 0. The topological polar surface area (TPSA) is 145 Å². The number of aromatic hydroxyl groups is 5. The predicted molar refractivity (Wildman–Crippen MR) is 108 cm³/mol. The van der Waals surface area contributed by atoms with Crippen LogP contribution in [-0.4, -0.2) is 43.7 Å². The Balaban J connectivity index is 2.45. The molecule has 1 aliphatic rings. The van der Waals surface area contributed by atoms with Gasteiger partial charge in [0.25, 0.3) is 0 Å². The van der Waals surface area contributed by atoms with E-state index in [4.69, 9.17) is 16.3 Å². The van der Waals surface area contributed by atoms with Crippen LogP contribution in [0.25, 0.3) is 11.1 Å². The minimum Gasteiger partial charge on any atom is -0.507 e. The maximum Gasteiger partial charge on any atom is 0.176 e. The Bertz CT molecular complexity index is 1090. The van der Waals surface area contributed by atoms with Gasteiger partial charge in [-0.05, 0) is 13.3 Å². The SMILES string of the molecule is CCC(=O)c1c(O)c(Cl)c(O)c(-c2c(O)c(C)c3c(c2O)C(=O)C(CC)CO3)c1O. The van der Waals surface area contributed by atoms with Crippen molar-refractivity contribution in [3.05, 3.63) is 21.7 Å². The Labute approximate surface area is 176 Å². The van der Waals surface area contributed by atoms with Crippen LogP contribution >= 0.6 is 11.6 Å². The molecule has 0 aromatic heterocycles. The molecule has 0 radical (unpaired) electrons. The number of hydrogen-bond acceptors (Lipinski definition) is 8. The number of fused-ring (bicyclic) bond motifs is 1. The summed E-state index contributed by atoms with van der Waals surface area (Å²) in [6.45, 7) is 4.78. The van der Waals surface area contributed by atoms with E-state index in [-0.39, 0.29) is 29.9 Å². The fraction of sp³-hybridized carbons (Fsp3) is 0.333. The summed E-state index contributed by atoms with van der Waals surface area (Å²) in [4.78, 5) is 25.1. The van der Waals surface area contributed by atoms with Gasteiger partial charge in [0.15, 0.2) is 17.3 Å². The molecule has 9 heteroatoms. The lowest BCUT2D eigenvalue weighted by molar-refractivity contribution is 0.0820. The van der Waals surface area contributed by atoms with Crippen LogP contribution in [0.4, 0.5) is 0 Å². The molecular weight excluding hydrogens is 416 g/mol. The van der Waals surface area contributed by atoms with Gasteiger partial charge in [-0.1, -0.05) is 25.4 Å². The lowest BCUT2D eigenvalue weighted by Gasteiger charge is -2.27. The Morgan fingerprint density at radius 2 is 1.57 bits per heavy atom. The van der Waals surface area contributed by atoms with Crippen molar-refractivity contribution in [2.75, 3.05) is 6.61 Å². The van der Waals surface area contributed by atoms with Crippen LogP contribution in [0.3, 0.4) is 0 Å². The van der Waals surface area contributed by atoms with Crippen molar-refractivity contribution in [2.45, 2.75) is 33.6 Å². The third-order valence-corrected chi connectivity index (χ3v) is 5.74. The van der Waals surface area contributed by atoms with Crippen LogP contribution in [0.5, 0.6) is 34.5 Å². The van der Waals surface area contributed by atoms with Crippen LogP contribution in [0.1, 0.15) is 53.0 Å². The predicted octanol–water partition coefficient (Wildman–Crippen LogP) is 4.04. The summed E-state index contributed by atoms with van der Waals surface area (Å²) in [5.74, 6) is -5.55. The van der Waals surface area contributed by atoms with E-state index in [1.165, 1.54) is 13.8 Å². The van der Waals surface area contributed by atoms with Gasteiger partial charge in [0, 0.05) is 12.0 Å². The van der Waals surface area contributed by atoms with Crippen molar-refractivity contribution in [1.29, 1.82) is 0 Å². The summed E-state index contributed by atoms with van der Waals surface area (Å²) in [5, 5.41) is 52.3. The third kappa shape index (κ3) is 2.90. The molecule has 5 N–H and O–H groups in total. The Kier molecular flexibility index (Phi) is 5.47. The zero-order valence-corrected chi connectivity index (χ0v) is 17.3. The van der Waals surface area contributed by atoms with Crippen molar-refractivity contribution >= 4 is 23.2 Å². The van der Waals surface area contributed by atoms with Gasteiger partial charge < -0.3 is 30.3 Å². The molecule has 1 atom stereocenters. The van der Waals surface area contributed by atoms with Crippen LogP contribution in [0, 0.1) is 12.8 Å². The number of phenolic OH excluding ortho intramolecular Hbond substituents is 5. The highest BCUT2D eigenvalue weighted by molar-refractivity contribution is 6.35. The second kappa shape index (κ2) is 7.60. The molecule has 0 aliphatic carbocycles. The Hall–Kier alpha value is -3.13. The summed E-state index contributed by atoms with van der Waals surface area (Å²) in [7, 11) is 0. The molecule has 8 nitrogen and oxygen atoms in total. The van der Waals surface area contributed by atoms with Crippen molar-refractivity contribution in [2.24, 2.45) is 5.92 Å². The molecule has 0 spiro atoms. The maximum absolute atomic E-state index is 12.9. The van der Waals surface area contributed by atoms with Crippen molar-refractivity contribution in [1.82, 2.24) is 0 Å². The van der Waals surface area contributed by atoms with Gasteiger partial charge in [-0.2, -0.15) is 0 Å². The van der Waals surface area contributed by atoms with Crippen LogP contribution in [0.2, 0.25) is 5.02 Å². The maximum atomic E-state index is 12.9. The van der Waals surface area contributed by atoms with E-state index in [0.717, 1.165) is 0 Å². The Morgan fingerprint density at radius 3 is 2.13 bits per heavy atom. The first-order valence-corrected chi connectivity index (χ1v) is 9.71. The first kappa shape index (κ1) is 21.6. The monoisotopic (exact) mass is 436 g/mol. The number of phenols is 5. The van der Waals surface area contributed by atoms with Gasteiger partial charge in [-0.3, -0.25) is 9.59 Å². The number of hydrogen-bond donors (Lipinski definition) is 5. The van der Waals surface area contributed by atoms with E-state index in [1.54, 1.807) is 6.92 Å². The van der Waals surface area contributed by atoms with E-state index in [0.29, 0.717) is 6.42 Å². The lowest BCUT2D eigenvalue weighted by Crippen LogP contribution is -2.28. The van der Waals surface area contributed by atoms with E-state index in [2.05, 4.69) is 0 Å². The highest BCUT2D eigenvalue weighted by atomic mass is 35.5. The van der Waals surface area contributed by atoms with Gasteiger partial charge in [0.2, 0.25) is 0 Å². The number of benzene rings is 2. The minimum absolute atomic E-state index is 0.00263. The van der Waals surface area contributed by atoms with Crippen molar-refractivity contribution in [3.8, 4) is 45.6 Å². The van der Waals surface area contributed by atoms with Crippen molar-refractivity contribution < 1.29 is 39.9 Å². The fourth-order valence-electron chi connectivity index (χ4n) is 3.60. The smallest absolute Gasteiger partial charge is 0.176 e. The fourth-order valence-corrected chi connectivity index (χ4v) is 3.79. The molecule has 1 heterocycles. The molecule has 0 bridgehead atoms. The average molecular weight is 437 g/mol. The summed E-state index contributed by atoms with van der Waals surface area (Å²) in [5.41, 5.74) is -1.76. The molecular formula is C21H21ClO8. The first-order chi connectivity index (χ1) is 14.1. The zero-order chi connectivity index (χ0) is 22.5. The highest BCUT2D eigenvalue weighted by Crippen LogP contribution is 2.57. The van der Waals surface area contributed by atoms with Gasteiger partial charge in [0.1, 0.15) is 44.9 Å². The summed E-state index contributed by atoms with van der Waals surface area (Å²) < 4.78 is 5.58. The second-order valence-corrected chi connectivity index (χ2v) is 7.45. The van der Waals surface area contributed by atoms with Gasteiger partial charge in [0.05, 0.1) is 23.7 Å². The number of ketones is 2. The van der Waals surface area contributed by atoms with Gasteiger partial charge in [-0.15, -0.1) is 0 Å². The van der Waals surface area contributed by atoms with Crippen LogP contribution in [-0.2, 0) is 0 Å². The molecule has 1 unspecified atom stereocenters. The summed E-state index contributed by atoms with van der Waals surface area (Å²) in [6.07, 6.45) is 0.344. The standard InChI is InChI=1S/C21H21ClO8/c1-4-8-6-30-21-7(3)15(24)11(18(27)13(21)16(8)25)12-17(26)10(9(23)5-2)19(28)14(22)20(12)29/h8,24,26-29H,4-6H2,1-3H3. The number of rotatable bonds is 4. The van der Waals surface area contributed by atoms with E-state index < -0.39 is 67.9 Å². The first-order valence-electron chi connectivity index (χ1n) is 9.33. The van der Waals surface area contributed by atoms with Crippen molar-refractivity contribution in [3.63, 3.8) is 0 Å². The zero-order valence-electron chi connectivity index (χ0n) is 16.5. The number of ether oxygens (including phenoxy) is 1. The van der Waals surface area contributed by atoms with Crippen LogP contribution in [0.15, 0.2) is 0 Å². The minimum atomic E-state index is -0.887. The number of carbonyl (C=O) groups is 2. The molecule has 0 amide bonds. The van der Waals surface area contributed by atoms with Gasteiger partial charge in [-0.25, -0.2) is 0 Å². The molecule has 2 aromatic rings. The second-order valence-electron chi connectivity index (χ2n) is 7.07. The van der Waals surface area contributed by atoms with Gasteiger partial charge >= 0.3 is 0 Å². The highest BCUT2D eigenvalue weighted by Gasteiger charge is 2.38. The molecule has 30 heavy (non-hydrogen) atoms. The van der Waals surface area contributed by atoms with E-state index in [9.17, 15) is 35.1 Å². The average Bonchev–Trinajstić information content (AvgIpc) is 2.72. The lowest BCUT2D eigenvalue weighted by atomic mass is 9.86. The summed E-state index contributed by atoms with van der Waals surface area (Å²) >= 11 is 5.95. The molecule has 0 saturated heterocycles. The molecule has 0 fully saturated rings. The molecule has 0 saturated carbocycles. The molecule has 1 aliphatic heterocycles. The number of halogens is 1. The molecule has 2 aromatic carbocycles. The largest absolute Gasteiger partial charge is 0.507 e. The van der Waals surface area contributed by atoms with E-state index >= 15 is 0 Å². The molecule has 160 valence electrons. The number of carbonyl (C=O) groups excluding carboxylic acids is 2. The number of Topliss-reactive ketones (excluding diaryl/α,β-unsaturated/α-hetero) is 2. The Morgan fingerprint density at radius 1 is 0.967 bits per heavy atom. The molecule has 3 rings (SSSR count). The van der Waals surface area contributed by atoms with E-state index in [1.807, 2.05) is 0 Å². The third-order valence-electron chi connectivity index (χ3n) is 5.39. The van der Waals surface area contributed by atoms with Crippen LogP contribution < -0.4 is 4.74 Å².